The molecule has 48 valence electrons. The predicted octanol–water partition coefficient (Wildman–Crippen LogP) is 0.544. The molecule has 1 aromatic heterocycles. The number of nitrogens with zero attached hydrogens (tertiary/aromatic N) is 3. The Bertz CT molecular complexity index is 202. The van der Waals surface area contributed by atoms with Crippen molar-refractivity contribution >= 4 is 0 Å². The van der Waals surface area contributed by atoms with Gasteiger partial charge < -0.3 is 0 Å². The SMILES string of the molecule is C=CCc1cn(C)nn1. The number of aromatic nitrogens is 3. The van der Waals surface area contributed by atoms with Crippen LogP contribution in [0.4, 0.5) is 0 Å². The van der Waals surface area contributed by atoms with Crippen molar-refractivity contribution in [1.29, 1.82) is 0 Å². The van der Waals surface area contributed by atoms with Crippen molar-refractivity contribution in [3.05, 3.63) is 24.5 Å². The van der Waals surface area contributed by atoms with Crippen molar-refractivity contribution in [3.63, 3.8) is 0 Å². The average molecular weight is 123 g/mol. The van der Waals surface area contributed by atoms with Crippen LogP contribution in [0.3, 0.4) is 0 Å². The van der Waals surface area contributed by atoms with Gasteiger partial charge in [0.15, 0.2) is 0 Å². The fraction of sp³-hybridized carbons (Fsp3) is 0.333. The molecule has 9 heavy (non-hydrogen) atoms. The molecule has 1 aromatic rings. The fourth-order valence-electron chi connectivity index (χ4n) is 0.637. The maximum absolute atomic E-state index is 3.85. The zero-order valence-electron chi connectivity index (χ0n) is 5.41. The minimum absolute atomic E-state index is 0.799. The van der Waals surface area contributed by atoms with E-state index in [9.17, 15) is 0 Å². The van der Waals surface area contributed by atoms with Crippen molar-refractivity contribution in [2.75, 3.05) is 0 Å². The molecule has 3 heteroatoms. The third-order valence-corrected chi connectivity index (χ3v) is 1.00. The highest BCUT2D eigenvalue weighted by Gasteiger charge is 1.91. The van der Waals surface area contributed by atoms with Crippen LogP contribution in [-0.4, -0.2) is 15.0 Å². The lowest BCUT2D eigenvalue weighted by atomic mass is 10.3. The first-order valence-electron chi connectivity index (χ1n) is 2.79. The molecular weight excluding hydrogens is 114 g/mol. The normalized spacial score (nSPS) is 9.44. The van der Waals surface area contributed by atoms with Gasteiger partial charge in [-0.1, -0.05) is 11.3 Å². The van der Waals surface area contributed by atoms with Crippen LogP contribution in [0.5, 0.6) is 0 Å². The molecule has 0 aromatic carbocycles. The largest absolute Gasteiger partial charge is 0.255 e. The lowest BCUT2D eigenvalue weighted by molar-refractivity contribution is 0.713. The van der Waals surface area contributed by atoms with Crippen molar-refractivity contribution in [2.24, 2.45) is 7.05 Å². The third kappa shape index (κ3) is 1.38. The molecule has 0 amide bonds. The monoisotopic (exact) mass is 123 g/mol. The Kier molecular flexibility index (Phi) is 1.63. The Morgan fingerprint density at radius 1 is 1.89 bits per heavy atom. The Morgan fingerprint density at radius 2 is 2.67 bits per heavy atom. The van der Waals surface area contributed by atoms with Crippen molar-refractivity contribution in [2.45, 2.75) is 6.42 Å². The van der Waals surface area contributed by atoms with Crippen molar-refractivity contribution in [1.82, 2.24) is 15.0 Å². The van der Waals surface area contributed by atoms with E-state index in [1.54, 1.807) is 4.68 Å². The number of aryl methyl sites for hydroxylation is 1. The van der Waals surface area contributed by atoms with E-state index >= 15 is 0 Å². The minimum atomic E-state index is 0.799. The molecule has 3 nitrogen and oxygen atoms in total. The summed E-state index contributed by atoms with van der Waals surface area (Å²) in [5.74, 6) is 0. The first-order valence-corrected chi connectivity index (χ1v) is 2.79. The van der Waals surface area contributed by atoms with Crippen molar-refractivity contribution in [3.8, 4) is 0 Å². The van der Waals surface area contributed by atoms with Gasteiger partial charge >= 0.3 is 0 Å². The van der Waals surface area contributed by atoms with Crippen LogP contribution in [0.15, 0.2) is 18.9 Å². The average Bonchev–Trinajstić information content (AvgIpc) is 2.17. The quantitative estimate of drug-likeness (QED) is 0.537. The van der Waals surface area contributed by atoms with Gasteiger partial charge in [-0.15, -0.1) is 11.7 Å². The second kappa shape index (κ2) is 2.44. The highest BCUT2D eigenvalue weighted by Crippen LogP contribution is 1.91. The summed E-state index contributed by atoms with van der Waals surface area (Å²) in [6.45, 7) is 3.59. The Hall–Kier alpha value is -1.12. The van der Waals surface area contributed by atoms with E-state index in [2.05, 4.69) is 16.9 Å². The maximum atomic E-state index is 3.85. The maximum Gasteiger partial charge on any atom is 0.0864 e. The molecule has 0 bridgehead atoms. The van der Waals surface area contributed by atoms with Gasteiger partial charge in [-0.25, -0.2) is 0 Å². The van der Waals surface area contributed by atoms with E-state index in [4.69, 9.17) is 0 Å². The summed E-state index contributed by atoms with van der Waals surface area (Å²) in [4.78, 5) is 0. The lowest BCUT2D eigenvalue weighted by Gasteiger charge is -1.80. The van der Waals surface area contributed by atoms with Crippen molar-refractivity contribution < 1.29 is 0 Å². The van der Waals surface area contributed by atoms with Gasteiger partial charge in [0.05, 0.1) is 5.69 Å². The summed E-state index contributed by atoms with van der Waals surface area (Å²) < 4.78 is 1.68. The summed E-state index contributed by atoms with van der Waals surface area (Å²) in [6, 6.07) is 0. The van der Waals surface area contributed by atoms with Crippen LogP contribution in [0.25, 0.3) is 0 Å². The lowest BCUT2D eigenvalue weighted by Crippen LogP contribution is -1.85. The first-order chi connectivity index (χ1) is 4.33. The molecule has 0 fully saturated rings. The van der Waals surface area contributed by atoms with Gasteiger partial charge in [0.2, 0.25) is 0 Å². The number of hydrogen-bond acceptors (Lipinski definition) is 2. The summed E-state index contributed by atoms with van der Waals surface area (Å²) in [6.07, 6.45) is 4.49. The van der Waals surface area contributed by atoms with Gasteiger partial charge in [-0.3, -0.25) is 4.68 Å². The Balaban J connectivity index is 2.72. The predicted molar refractivity (Wildman–Crippen MR) is 34.9 cm³/mol. The van der Waals surface area contributed by atoms with E-state index in [-0.39, 0.29) is 0 Å². The van der Waals surface area contributed by atoms with E-state index in [0.29, 0.717) is 0 Å². The van der Waals surface area contributed by atoms with Gasteiger partial charge in [-0.2, -0.15) is 0 Å². The molecule has 1 rings (SSSR count). The topological polar surface area (TPSA) is 30.7 Å². The summed E-state index contributed by atoms with van der Waals surface area (Å²) in [5, 5.41) is 7.60. The van der Waals surface area contributed by atoms with Gasteiger partial charge in [0.25, 0.3) is 0 Å². The van der Waals surface area contributed by atoms with Crippen LogP contribution >= 0.6 is 0 Å². The molecule has 0 aliphatic heterocycles. The molecular formula is C6H9N3. The van der Waals surface area contributed by atoms with Crippen LogP contribution in [0.1, 0.15) is 5.69 Å². The molecule has 0 aliphatic carbocycles. The molecule has 0 radical (unpaired) electrons. The fourth-order valence-corrected chi connectivity index (χ4v) is 0.637. The van der Waals surface area contributed by atoms with Gasteiger partial charge in [0.1, 0.15) is 0 Å². The smallest absolute Gasteiger partial charge is 0.0864 e. The van der Waals surface area contributed by atoms with E-state index in [1.165, 1.54) is 0 Å². The highest BCUT2D eigenvalue weighted by atomic mass is 15.4. The van der Waals surface area contributed by atoms with Crippen LogP contribution in [0, 0.1) is 0 Å². The van der Waals surface area contributed by atoms with Crippen LogP contribution in [-0.2, 0) is 13.5 Å². The van der Waals surface area contributed by atoms with E-state index in [0.717, 1.165) is 12.1 Å². The van der Waals surface area contributed by atoms with Gasteiger partial charge in [-0.05, 0) is 0 Å². The highest BCUT2D eigenvalue weighted by molar-refractivity contribution is 4.97. The van der Waals surface area contributed by atoms with E-state index < -0.39 is 0 Å². The molecule has 0 atom stereocenters. The third-order valence-electron chi connectivity index (χ3n) is 1.00. The second-order valence-electron chi connectivity index (χ2n) is 1.88. The molecule has 0 spiro atoms. The summed E-state index contributed by atoms with van der Waals surface area (Å²) in [7, 11) is 1.85. The number of allylic oxidation sites excluding steroid dienone is 1. The Morgan fingerprint density at radius 3 is 3.11 bits per heavy atom. The Labute approximate surface area is 54.0 Å². The molecule has 0 aliphatic rings. The van der Waals surface area contributed by atoms with Crippen LogP contribution < -0.4 is 0 Å². The molecule has 1 heterocycles. The second-order valence-corrected chi connectivity index (χ2v) is 1.88. The molecule has 0 N–H and O–H groups in total. The standard InChI is InChI=1S/C6H9N3/c1-3-4-6-5-9(2)8-7-6/h3,5H,1,4H2,2H3. The molecule has 0 saturated heterocycles. The summed E-state index contributed by atoms with van der Waals surface area (Å²) in [5.41, 5.74) is 0.965. The molecule has 0 saturated carbocycles. The summed E-state index contributed by atoms with van der Waals surface area (Å²) >= 11 is 0. The minimum Gasteiger partial charge on any atom is -0.255 e. The van der Waals surface area contributed by atoms with Crippen LogP contribution in [0.2, 0.25) is 0 Å². The molecule has 0 unspecified atom stereocenters. The number of hydrogen-bond donors (Lipinski definition) is 0. The number of rotatable bonds is 2. The van der Waals surface area contributed by atoms with Gasteiger partial charge in [0, 0.05) is 19.7 Å². The zero-order chi connectivity index (χ0) is 6.69. The zero-order valence-corrected chi connectivity index (χ0v) is 5.41. The first kappa shape index (κ1) is 6.01. The van der Waals surface area contributed by atoms with E-state index in [1.807, 2.05) is 19.3 Å².